The van der Waals surface area contributed by atoms with Crippen molar-refractivity contribution >= 4 is 11.7 Å². The van der Waals surface area contributed by atoms with Crippen molar-refractivity contribution in [3.05, 3.63) is 23.3 Å². The van der Waals surface area contributed by atoms with Crippen molar-refractivity contribution in [3.8, 4) is 5.75 Å². The van der Waals surface area contributed by atoms with Crippen LogP contribution in [-0.2, 0) is 4.79 Å². The highest BCUT2D eigenvalue weighted by molar-refractivity contribution is 5.74. The number of nitrogen functional groups attached to an aromatic ring is 1. The maximum Gasteiger partial charge on any atom is 0.308 e. The van der Waals surface area contributed by atoms with E-state index in [9.17, 15) is 4.79 Å². The molecule has 0 radical (unpaired) electrons. The molecule has 0 amide bonds. The highest BCUT2D eigenvalue weighted by atomic mass is 16.5. The number of hydrogen-bond acceptors (Lipinski definition) is 3. The van der Waals surface area contributed by atoms with Gasteiger partial charge in [-0.2, -0.15) is 0 Å². The molecule has 0 aliphatic carbocycles. The molecule has 13 heavy (non-hydrogen) atoms. The number of aryl methyl sites for hydroxylation is 2. The highest BCUT2D eigenvalue weighted by Gasteiger charge is 2.08. The van der Waals surface area contributed by atoms with E-state index in [-0.39, 0.29) is 5.97 Å². The molecule has 0 aromatic heterocycles. The summed E-state index contributed by atoms with van der Waals surface area (Å²) in [6.45, 7) is 5.09. The predicted octanol–water partition coefficient (Wildman–Crippen LogP) is 1.81. The maximum atomic E-state index is 10.8. The Kier molecular flexibility index (Phi) is 2.56. The third kappa shape index (κ3) is 1.99. The van der Waals surface area contributed by atoms with Gasteiger partial charge in [0.25, 0.3) is 0 Å². The normalized spacial score (nSPS) is 9.77. The number of benzene rings is 1. The van der Waals surface area contributed by atoms with Crippen molar-refractivity contribution in [2.24, 2.45) is 0 Å². The number of esters is 1. The smallest absolute Gasteiger partial charge is 0.308 e. The average molecular weight is 179 g/mol. The molecule has 0 saturated carbocycles. The Hall–Kier alpha value is -1.51. The molecular formula is C10H13NO2. The second-order valence-electron chi connectivity index (χ2n) is 3.04. The first-order chi connectivity index (χ1) is 6.02. The molecule has 70 valence electrons. The Morgan fingerprint density at radius 1 is 1.31 bits per heavy atom. The summed E-state index contributed by atoms with van der Waals surface area (Å²) < 4.78 is 4.99. The summed E-state index contributed by atoms with van der Waals surface area (Å²) in [7, 11) is 0. The Balaban J connectivity index is 3.17. The average Bonchev–Trinajstić information content (AvgIpc) is 2.05. The monoisotopic (exact) mass is 179 g/mol. The summed E-state index contributed by atoms with van der Waals surface area (Å²) in [5, 5.41) is 0. The van der Waals surface area contributed by atoms with Gasteiger partial charge < -0.3 is 10.5 Å². The fourth-order valence-corrected chi connectivity index (χ4v) is 1.09. The molecule has 2 N–H and O–H groups in total. The largest absolute Gasteiger partial charge is 0.424 e. The molecule has 0 aliphatic heterocycles. The van der Waals surface area contributed by atoms with Crippen LogP contribution in [-0.4, -0.2) is 5.97 Å². The van der Waals surface area contributed by atoms with Gasteiger partial charge in [0.05, 0.1) is 5.69 Å². The second kappa shape index (κ2) is 3.47. The van der Waals surface area contributed by atoms with Gasteiger partial charge >= 0.3 is 5.97 Å². The van der Waals surface area contributed by atoms with E-state index in [1.54, 1.807) is 0 Å². The fourth-order valence-electron chi connectivity index (χ4n) is 1.09. The highest BCUT2D eigenvalue weighted by Crippen LogP contribution is 2.28. The van der Waals surface area contributed by atoms with E-state index in [0.717, 1.165) is 11.1 Å². The lowest BCUT2D eigenvalue weighted by Crippen LogP contribution is -2.06. The first-order valence-electron chi connectivity index (χ1n) is 4.06. The molecule has 0 saturated heterocycles. The Bertz CT molecular complexity index is 345. The lowest BCUT2D eigenvalue weighted by Gasteiger charge is -2.10. The summed E-state index contributed by atoms with van der Waals surface area (Å²) in [6.07, 6.45) is 0. The Morgan fingerprint density at radius 3 is 2.38 bits per heavy atom. The van der Waals surface area contributed by atoms with E-state index >= 15 is 0 Å². The van der Waals surface area contributed by atoms with Gasteiger partial charge in [0.1, 0.15) is 0 Å². The van der Waals surface area contributed by atoms with Gasteiger partial charge in [0.2, 0.25) is 0 Å². The number of ether oxygens (including phenoxy) is 1. The van der Waals surface area contributed by atoms with Crippen LogP contribution in [0.25, 0.3) is 0 Å². The van der Waals surface area contributed by atoms with Crippen LogP contribution >= 0.6 is 0 Å². The molecule has 0 spiro atoms. The van der Waals surface area contributed by atoms with E-state index in [1.807, 2.05) is 26.0 Å². The first kappa shape index (κ1) is 9.58. The van der Waals surface area contributed by atoms with Gasteiger partial charge in [0, 0.05) is 6.92 Å². The summed E-state index contributed by atoms with van der Waals surface area (Å²) in [5.41, 5.74) is 8.08. The van der Waals surface area contributed by atoms with E-state index in [4.69, 9.17) is 10.5 Å². The van der Waals surface area contributed by atoms with Crippen molar-refractivity contribution in [2.45, 2.75) is 20.8 Å². The summed E-state index contributed by atoms with van der Waals surface area (Å²) in [5.74, 6) is 0.132. The number of anilines is 1. The summed E-state index contributed by atoms with van der Waals surface area (Å²) >= 11 is 0. The van der Waals surface area contributed by atoms with Gasteiger partial charge in [-0.05, 0) is 25.0 Å². The zero-order valence-electron chi connectivity index (χ0n) is 8.05. The van der Waals surface area contributed by atoms with Gasteiger partial charge in [-0.15, -0.1) is 0 Å². The van der Waals surface area contributed by atoms with Crippen LogP contribution in [0.3, 0.4) is 0 Å². The number of hydrogen-bond donors (Lipinski definition) is 1. The van der Waals surface area contributed by atoms with Crippen LogP contribution in [0.2, 0.25) is 0 Å². The van der Waals surface area contributed by atoms with Crippen LogP contribution in [0.5, 0.6) is 5.75 Å². The minimum Gasteiger partial charge on any atom is -0.424 e. The van der Waals surface area contributed by atoms with E-state index in [2.05, 4.69) is 0 Å². The van der Waals surface area contributed by atoms with E-state index < -0.39 is 0 Å². The van der Waals surface area contributed by atoms with Crippen LogP contribution in [0.4, 0.5) is 5.69 Å². The molecule has 1 rings (SSSR count). The zero-order chi connectivity index (χ0) is 10.0. The molecule has 0 unspecified atom stereocenters. The maximum absolute atomic E-state index is 10.8. The van der Waals surface area contributed by atoms with Crippen molar-refractivity contribution in [2.75, 3.05) is 5.73 Å². The third-order valence-corrected chi connectivity index (χ3v) is 1.86. The molecule has 1 aromatic rings. The first-order valence-corrected chi connectivity index (χ1v) is 4.06. The van der Waals surface area contributed by atoms with Crippen LogP contribution in [0.15, 0.2) is 12.1 Å². The molecular weight excluding hydrogens is 166 g/mol. The van der Waals surface area contributed by atoms with Crippen LogP contribution in [0.1, 0.15) is 18.1 Å². The van der Waals surface area contributed by atoms with Crippen molar-refractivity contribution in [3.63, 3.8) is 0 Å². The van der Waals surface area contributed by atoms with Crippen molar-refractivity contribution in [1.29, 1.82) is 0 Å². The molecule has 0 heterocycles. The quantitative estimate of drug-likeness (QED) is 0.406. The van der Waals surface area contributed by atoms with Gasteiger partial charge in [0.15, 0.2) is 5.75 Å². The Morgan fingerprint density at radius 2 is 1.85 bits per heavy atom. The minimum absolute atomic E-state index is 0.347. The van der Waals surface area contributed by atoms with E-state index in [1.165, 1.54) is 6.92 Å². The lowest BCUT2D eigenvalue weighted by molar-refractivity contribution is -0.131. The molecule has 0 fully saturated rings. The molecule has 3 heteroatoms. The number of carbonyl (C=O) groups is 1. The second-order valence-corrected chi connectivity index (χ2v) is 3.04. The number of rotatable bonds is 1. The zero-order valence-corrected chi connectivity index (χ0v) is 8.05. The molecule has 0 atom stereocenters. The van der Waals surface area contributed by atoms with Gasteiger partial charge in [-0.1, -0.05) is 12.1 Å². The number of nitrogens with two attached hydrogens (primary N) is 1. The topological polar surface area (TPSA) is 52.3 Å². The van der Waals surface area contributed by atoms with Crippen molar-refractivity contribution in [1.82, 2.24) is 0 Å². The molecule has 0 bridgehead atoms. The van der Waals surface area contributed by atoms with Crippen molar-refractivity contribution < 1.29 is 9.53 Å². The third-order valence-electron chi connectivity index (χ3n) is 1.86. The fraction of sp³-hybridized carbons (Fsp3) is 0.300. The predicted molar refractivity (Wildman–Crippen MR) is 51.6 cm³/mol. The molecule has 3 nitrogen and oxygen atoms in total. The SMILES string of the molecule is CC(=O)Oc1c(C)ccc(C)c1N. The minimum atomic E-state index is -0.347. The van der Waals surface area contributed by atoms with Gasteiger partial charge in [-0.25, -0.2) is 0 Å². The van der Waals surface area contributed by atoms with Crippen LogP contribution < -0.4 is 10.5 Å². The van der Waals surface area contributed by atoms with Crippen LogP contribution in [0, 0.1) is 13.8 Å². The molecule has 1 aromatic carbocycles. The Labute approximate surface area is 77.5 Å². The lowest BCUT2D eigenvalue weighted by atomic mass is 10.1. The summed E-state index contributed by atoms with van der Waals surface area (Å²) in [4.78, 5) is 10.8. The van der Waals surface area contributed by atoms with E-state index in [0.29, 0.717) is 11.4 Å². The number of carbonyl (C=O) groups excluding carboxylic acids is 1. The standard InChI is InChI=1S/C10H13NO2/c1-6-4-5-7(2)10(9(6)11)13-8(3)12/h4-5H,11H2,1-3H3. The molecule has 0 aliphatic rings. The van der Waals surface area contributed by atoms with Gasteiger partial charge in [-0.3, -0.25) is 4.79 Å². The summed E-state index contributed by atoms with van der Waals surface area (Å²) in [6, 6.07) is 3.78.